The normalized spacial score (nSPS) is 10.7. The Bertz CT molecular complexity index is 1500. The lowest BCUT2D eigenvalue weighted by Crippen LogP contribution is -2.15. The van der Waals surface area contributed by atoms with Gasteiger partial charge in [-0.2, -0.15) is 0 Å². The number of carboxylic acids is 1. The molecule has 0 spiro atoms. The van der Waals surface area contributed by atoms with E-state index in [9.17, 15) is 19.5 Å². The SMILES string of the molecule is COc1cc(Cl)c(C)cc1NC(=O)CSc1ccc(NC(=O)c2cccc3cccc(C(=O)O)c23)cc1. The smallest absolute Gasteiger partial charge is 0.336 e. The first-order valence-corrected chi connectivity index (χ1v) is 12.6. The average molecular weight is 535 g/mol. The molecular weight excluding hydrogens is 512 g/mol. The van der Waals surface area contributed by atoms with Gasteiger partial charge in [-0.05, 0) is 60.3 Å². The van der Waals surface area contributed by atoms with E-state index in [4.69, 9.17) is 16.3 Å². The predicted octanol–water partition coefficient (Wildman–Crippen LogP) is 6.49. The Hall–Kier alpha value is -4.01. The summed E-state index contributed by atoms with van der Waals surface area (Å²) in [6.07, 6.45) is 0. The molecule has 4 aromatic carbocycles. The van der Waals surface area contributed by atoms with E-state index in [1.165, 1.54) is 24.9 Å². The van der Waals surface area contributed by atoms with Gasteiger partial charge in [0, 0.05) is 32.6 Å². The summed E-state index contributed by atoms with van der Waals surface area (Å²) >= 11 is 7.46. The molecule has 0 aromatic heterocycles. The number of carboxylic acid groups (broad SMARTS) is 1. The number of amides is 2. The number of rotatable bonds is 8. The molecule has 0 atom stereocenters. The fourth-order valence-electron chi connectivity index (χ4n) is 3.81. The van der Waals surface area contributed by atoms with Crippen LogP contribution in [0.25, 0.3) is 10.8 Å². The number of carbonyl (C=O) groups is 3. The van der Waals surface area contributed by atoms with Gasteiger partial charge in [0.1, 0.15) is 5.75 Å². The molecule has 4 rings (SSSR count). The number of fused-ring (bicyclic) bond motifs is 1. The Morgan fingerprint density at radius 3 is 2.27 bits per heavy atom. The third-order valence-corrected chi connectivity index (χ3v) is 7.04. The van der Waals surface area contributed by atoms with E-state index < -0.39 is 11.9 Å². The summed E-state index contributed by atoms with van der Waals surface area (Å²) in [5.74, 6) is -1.06. The van der Waals surface area contributed by atoms with Gasteiger partial charge in [0.25, 0.3) is 5.91 Å². The first-order chi connectivity index (χ1) is 17.8. The van der Waals surface area contributed by atoms with E-state index in [0.717, 1.165) is 10.5 Å². The van der Waals surface area contributed by atoms with Gasteiger partial charge < -0.3 is 20.5 Å². The summed E-state index contributed by atoms with van der Waals surface area (Å²) in [6, 6.07) is 20.5. The van der Waals surface area contributed by atoms with Crippen molar-refractivity contribution in [2.75, 3.05) is 23.5 Å². The van der Waals surface area contributed by atoms with Crippen LogP contribution in [0, 0.1) is 6.92 Å². The predicted molar refractivity (Wildman–Crippen MR) is 147 cm³/mol. The first kappa shape index (κ1) is 26.1. The topological polar surface area (TPSA) is 105 Å². The minimum atomic E-state index is -1.10. The van der Waals surface area contributed by atoms with Gasteiger partial charge in [-0.15, -0.1) is 11.8 Å². The zero-order valence-corrected chi connectivity index (χ0v) is 21.6. The molecule has 3 N–H and O–H groups in total. The quantitative estimate of drug-likeness (QED) is 0.223. The summed E-state index contributed by atoms with van der Waals surface area (Å²) in [5.41, 5.74) is 2.27. The highest BCUT2D eigenvalue weighted by atomic mass is 35.5. The second-order valence-electron chi connectivity index (χ2n) is 8.13. The third-order valence-electron chi connectivity index (χ3n) is 5.62. The number of methoxy groups -OCH3 is 1. The summed E-state index contributed by atoms with van der Waals surface area (Å²) in [5, 5.41) is 16.8. The highest BCUT2D eigenvalue weighted by Crippen LogP contribution is 2.31. The number of benzene rings is 4. The van der Waals surface area contributed by atoms with Crippen LogP contribution in [0.1, 0.15) is 26.3 Å². The van der Waals surface area contributed by atoms with Crippen LogP contribution < -0.4 is 15.4 Å². The van der Waals surface area contributed by atoms with Crippen molar-refractivity contribution >= 4 is 63.3 Å². The van der Waals surface area contributed by atoms with Crippen LogP contribution in [0.15, 0.2) is 77.7 Å². The molecular formula is C28H23ClN2O5S. The molecule has 0 radical (unpaired) electrons. The van der Waals surface area contributed by atoms with Crippen LogP contribution in [-0.2, 0) is 4.79 Å². The molecule has 0 heterocycles. The Morgan fingerprint density at radius 1 is 0.946 bits per heavy atom. The van der Waals surface area contributed by atoms with Crippen molar-refractivity contribution in [3.05, 3.63) is 94.5 Å². The van der Waals surface area contributed by atoms with Crippen LogP contribution in [0.2, 0.25) is 5.02 Å². The van der Waals surface area contributed by atoms with Crippen molar-refractivity contribution in [1.29, 1.82) is 0 Å². The molecule has 7 nitrogen and oxygen atoms in total. The molecule has 0 aliphatic rings. The number of hydrogen-bond acceptors (Lipinski definition) is 5. The van der Waals surface area contributed by atoms with Crippen molar-refractivity contribution < 1.29 is 24.2 Å². The van der Waals surface area contributed by atoms with Gasteiger partial charge >= 0.3 is 5.97 Å². The summed E-state index contributed by atoms with van der Waals surface area (Å²) in [4.78, 5) is 38.0. The van der Waals surface area contributed by atoms with Gasteiger partial charge in [-0.25, -0.2) is 4.79 Å². The van der Waals surface area contributed by atoms with E-state index in [-0.39, 0.29) is 22.8 Å². The Labute approximate surface area is 222 Å². The minimum absolute atomic E-state index is 0.0691. The highest BCUT2D eigenvalue weighted by molar-refractivity contribution is 8.00. The molecule has 0 saturated heterocycles. The summed E-state index contributed by atoms with van der Waals surface area (Å²) < 4.78 is 5.29. The number of aromatic carboxylic acids is 1. The van der Waals surface area contributed by atoms with E-state index >= 15 is 0 Å². The van der Waals surface area contributed by atoms with Crippen molar-refractivity contribution in [3.8, 4) is 5.75 Å². The standard InChI is InChI=1S/C28H23ClN2O5S/c1-16-13-23(24(36-2)14-22(16)29)31-25(32)15-37-19-11-9-18(10-12-19)30-27(33)20-7-3-5-17-6-4-8-21(26(17)20)28(34)35/h3-14H,15H2,1-2H3,(H,30,33)(H,31,32)(H,34,35). The fraction of sp³-hybridized carbons (Fsp3) is 0.107. The lowest BCUT2D eigenvalue weighted by molar-refractivity contribution is -0.113. The number of anilines is 2. The van der Waals surface area contributed by atoms with Crippen LogP contribution in [-0.4, -0.2) is 35.8 Å². The molecule has 0 aliphatic heterocycles. The van der Waals surface area contributed by atoms with E-state index in [1.807, 2.05) is 6.92 Å². The summed E-state index contributed by atoms with van der Waals surface area (Å²) in [6.45, 7) is 1.85. The maximum atomic E-state index is 13.0. The number of hydrogen-bond donors (Lipinski definition) is 3. The number of nitrogens with one attached hydrogen (secondary N) is 2. The van der Waals surface area contributed by atoms with E-state index in [2.05, 4.69) is 10.6 Å². The lowest BCUT2D eigenvalue weighted by atomic mass is 9.98. The Morgan fingerprint density at radius 2 is 1.62 bits per heavy atom. The number of ether oxygens (including phenoxy) is 1. The Balaban J connectivity index is 1.40. The lowest BCUT2D eigenvalue weighted by Gasteiger charge is -2.12. The van der Waals surface area contributed by atoms with Crippen LogP contribution in [0.5, 0.6) is 5.75 Å². The van der Waals surface area contributed by atoms with Crippen molar-refractivity contribution in [2.45, 2.75) is 11.8 Å². The number of halogens is 1. The van der Waals surface area contributed by atoms with Gasteiger partial charge in [0.2, 0.25) is 5.91 Å². The Kier molecular flexibility index (Phi) is 8.01. The molecule has 2 amide bonds. The van der Waals surface area contributed by atoms with E-state index in [1.54, 1.807) is 66.7 Å². The molecule has 37 heavy (non-hydrogen) atoms. The van der Waals surface area contributed by atoms with Gasteiger partial charge in [-0.1, -0.05) is 35.9 Å². The van der Waals surface area contributed by atoms with Crippen molar-refractivity contribution in [3.63, 3.8) is 0 Å². The molecule has 0 bridgehead atoms. The van der Waals surface area contributed by atoms with Gasteiger partial charge in [0.05, 0.1) is 24.1 Å². The van der Waals surface area contributed by atoms with Gasteiger partial charge in [-0.3, -0.25) is 9.59 Å². The zero-order chi connectivity index (χ0) is 26.5. The highest BCUT2D eigenvalue weighted by Gasteiger charge is 2.17. The fourth-order valence-corrected chi connectivity index (χ4v) is 4.66. The van der Waals surface area contributed by atoms with Crippen molar-refractivity contribution in [1.82, 2.24) is 0 Å². The number of thioether (sulfide) groups is 1. The summed E-state index contributed by atoms with van der Waals surface area (Å²) in [7, 11) is 1.51. The number of aryl methyl sites for hydroxylation is 1. The van der Waals surface area contributed by atoms with Gasteiger partial charge in [0.15, 0.2) is 0 Å². The molecule has 0 aliphatic carbocycles. The molecule has 0 fully saturated rings. The molecule has 0 saturated carbocycles. The van der Waals surface area contributed by atoms with Crippen LogP contribution >= 0.6 is 23.4 Å². The van der Waals surface area contributed by atoms with Crippen LogP contribution in [0.3, 0.4) is 0 Å². The first-order valence-electron chi connectivity index (χ1n) is 11.2. The van der Waals surface area contributed by atoms with Crippen molar-refractivity contribution in [2.24, 2.45) is 0 Å². The second kappa shape index (κ2) is 11.4. The largest absolute Gasteiger partial charge is 0.495 e. The van der Waals surface area contributed by atoms with E-state index in [0.29, 0.717) is 32.9 Å². The maximum absolute atomic E-state index is 13.0. The molecule has 188 valence electrons. The molecule has 9 heteroatoms. The maximum Gasteiger partial charge on any atom is 0.336 e. The molecule has 4 aromatic rings. The number of carbonyl (C=O) groups excluding carboxylic acids is 2. The van der Waals surface area contributed by atoms with Crippen LogP contribution in [0.4, 0.5) is 11.4 Å². The zero-order valence-electron chi connectivity index (χ0n) is 20.0. The third kappa shape index (κ3) is 6.04. The monoisotopic (exact) mass is 534 g/mol. The minimum Gasteiger partial charge on any atom is -0.495 e. The molecule has 0 unspecified atom stereocenters. The second-order valence-corrected chi connectivity index (χ2v) is 9.59. The average Bonchev–Trinajstić information content (AvgIpc) is 2.89.